The Morgan fingerprint density at radius 1 is 1.14 bits per heavy atom. The van der Waals surface area contributed by atoms with Gasteiger partial charge in [-0.05, 0) is 55.5 Å². The number of benzene rings is 1. The number of rotatable bonds is 6. The lowest BCUT2D eigenvalue weighted by Gasteiger charge is -2.23. The van der Waals surface area contributed by atoms with E-state index in [2.05, 4.69) is 35.4 Å². The smallest absolute Gasteiger partial charge is 0.118 e. The lowest BCUT2D eigenvalue weighted by Crippen LogP contribution is -2.26. The third-order valence-electron chi connectivity index (χ3n) is 4.13. The number of aromatic nitrogens is 1. The van der Waals surface area contributed by atoms with Gasteiger partial charge in [-0.1, -0.05) is 18.2 Å². The number of nitrogens with zero attached hydrogens (tertiary/aromatic N) is 1. The van der Waals surface area contributed by atoms with Gasteiger partial charge in [-0.2, -0.15) is 0 Å². The Balaban J connectivity index is 1.75. The predicted molar refractivity (Wildman–Crippen MR) is 84.2 cm³/mol. The predicted octanol–water partition coefficient (Wildman–Crippen LogP) is 3.89. The second-order valence-corrected chi connectivity index (χ2v) is 5.73. The van der Waals surface area contributed by atoms with Crippen molar-refractivity contribution in [3.05, 3.63) is 59.9 Å². The zero-order valence-corrected chi connectivity index (χ0v) is 12.6. The Hall–Kier alpha value is -1.87. The molecule has 0 amide bonds. The second kappa shape index (κ2) is 6.27. The molecule has 1 fully saturated rings. The van der Waals surface area contributed by atoms with E-state index in [9.17, 15) is 0 Å². The Morgan fingerprint density at radius 3 is 2.48 bits per heavy atom. The van der Waals surface area contributed by atoms with Crippen LogP contribution in [0.3, 0.4) is 0 Å². The molecule has 1 saturated carbocycles. The van der Waals surface area contributed by atoms with Crippen molar-refractivity contribution in [3.8, 4) is 5.75 Å². The van der Waals surface area contributed by atoms with Gasteiger partial charge in [-0.3, -0.25) is 4.98 Å². The van der Waals surface area contributed by atoms with Crippen molar-refractivity contribution in [1.82, 2.24) is 10.3 Å². The standard InChI is InChI=1S/C18H22N2O/c1-13(17-5-3-4-12-19-17)20-18(14-6-7-14)15-8-10-16(21-2)11-9-15/h3-5,8-14,18,20H,6-7H2,1-2H3/t13-,18?/m0/s1. The normalized spacial score (nSPS) is 17.2. The largest absolute Gasteiger partial charge is 0.497 e. The van der Waals surface area contributed by atoms with Gasteiger partial charge >= 0.3 is 0 Å². The Labute approximate surface area is 126 Å². The molecule has 1 aromatic heterocycles. The molecule has 0 radical (unpaired) electrons. The van der Waals surface area contributed by atoms with Crippen LogP contribution in [0.15, 0.2) is 48.7 Å². The average molecular weight is 282 g/mol. The number of methoxy groups -OCH3 is 1. The summed E-state index contributed by atoms with van der Waals surface area (Å²) in [5, 5.41) is 3.75. The van der Waals surface area contributed by atoms with Gasteiger partial charge in [0.2, 0.25) is 0 Å². The topological polar surface area (TPSA) is 34.1 Å². The molecule has 1 aromatic carbocycles. The van der Waals surface area contributed by atoms with Gasteiger partial charge in [0.1, 0.15) is 5.75 Å². The van der Waals surface area contributed by atoms with Crippen LogP contribution >= 0.6 is 0 Å². The fourth-order valence-corrected chi connectivity index (χ4v) is 2.73. The van der Waals surface area contributed by atoms with Crippen LogP contribution in [0.1, 0.15) is 43.1 Å². The quantitative estimate of drug-likeness (QED) is 0.872. The molecule has 1 N–H and O–H groups in total. The molecular formula is C18H22N2O. The van der Waals surface area contributed by atoms with Crippen LogP contribution < -0.4 is 10.1 Å². The first kappa shape index (κ1) is 14.1. The molecule has 1 aliphatic rings. The molecule has 21 heavy (non-hydrogen) atoms. The van der Waals surface area contributed by atoms with Gasteiger partial charge < -0.3 is 10.1 Å². The van der Waals surface area contributed by atoms with E-state index in [0.717, 1.165) is 17.4 Å². The van der Waals surface area contributed by atoms with Crippen molar-refractivity contribution in [2.45, 2.75) is 31.8 Å². The van der Waals surface area contributed by atoms with E-state index >= 15 is 0 Å². The third-order valence-corrected chi connectivity index (χ3v) is 4.13. The Bertz CT molecular complexity index is 564. The summed E-state index contributed by atoms with van der Waals surface area (Å²) in [6.45, 7) is 2.18. The third kappa shape index (κ3) is 3.42. The van der Waals surface area contributed by atoms with Gasteiger partial charge in [-0.25, -0.2) is 0 Å². The van der Waals surface area contributed by atoms with Crippen LogP contribution in [0, 0.1) is 5.92 Å². The van der Waals surface area contributed by atoms with Crippen molar-refractivity contribution >= 4 is 0 Å². The molecule has 2 aromatic rings. The van der Waals surface area contributed by atoms with E-state index in [0.29, 0.717) is 6.04 Å². The summed E-state index contributed by atoms with van der Waals surface area (Å²) < 4.78 is 5.25. The summed E-state index contributed by atoms with van der Waals surface area (Å²) in [6, 6.07) is 15.1. The van der Waals surface area contributed by atoms with Crippen LogP contribution in [-0.4, -0.2) is 12.1 Å². The first-order chi connectivity index (χ1) is 10.3. The summed E-state index contributed by atoms with van der Waals surface area (Å²) in [7, 11) is 1.70. The van der Waals surface area contributed by atoms with Gasteiger partial charge in [0, 0.05) is 18.3 Å². The maximum Gasteiger partial charge on any atom is 0.118 e. The fraction of sp³-hybridized carbons (Fsp3) is 0.389. The minimum Gasteiger partial charge on any atom is -0.497 e. The van der Waals surface area contributed by atoms with Crippen molar-refractivity contribution in [2.75, 3.05) is 7.11 Å². The molecule has 1 aliphatic carbocycles. The molecule has 2 atom stereocenters. The number of hydrogen-bond acceptors (Lipinski definition) is 3. The average Bonchev–Trinajstić information content (AvgIpc) is 3.38. The second-order valence-electron chi connectivity index (χ2n) is 5.73. The number of nitrogens with one attached hydrogen (secondary N) is 1. The van der Waals surface area contributed by atoms with Gasteiger partial charge in [0.15, 0.2) is 0 Å². The molecule has 0 bridgehead atoms. The Morgan fingerprint density at radius 2 is 1.90 bits per heavy atom. The maximum absolute atomic E-state index is 5.25. The highest BCUT2D eigenvalue weighted by Crippen LogP contribution is 2.42. The molecule has 0 spiro atoms. The van der Waals surface area contributed by atoms with Crippen molar-refractivity contribution in [2.24, 2.45) is 5.92 Å². The van der Waals surface area contributed by atoms with E-state index in [1.54, 1.807) is 7.11 Å². The van der Waals surface area contributed by atoms with Crippen LogP contribution in [-0.2, 0) is 0 Å². The summed E-state index contributed by atoms with van der Waals surface area (Å²) in [4.78, 5) is 4.45. The van der Waals surface area contributed by atoms with Gasteiger partial charge in [0.25, 0.3) is 0 Å². The zero-order chi connectivity index (χ0) is 14.7. The molecule has 3 nitrogen and oxygen atoms in total. The molecule has 1 unspecified atom stereocenters. The van der Waals surface area contributed by atoms with Crippen LogP contribution in [0.2, 0.25) is 0 Å². The molecule has 3 rings (SSSR count). The highest BCUT2D eigenvalue weighted by molar-refractivity contribution is 5.30. The maximum atomic E-state index is 5.25. The number of hydrogen-bond donors (Lipinski definition) is 1. The number of ether oxygens (including phenoxy) is 1. The van der Waals surface area contributed by atoms with E-state index in [1.807, 2.05) is 30.5 Å². The van der Waals surface area contributed by atoms with Gasteiger partial charge in [-0.15, -0.1) is 0 Å². The molecule has 0 aliphatic heterocycles. The van der Waals surface area contributed by atoms with E-state index in [-0.39, 0.29) is 6.04 Å². The highest BCUT2D eigenvalue weighted by Gasteiger charge is 2.33. The monoisotopic (exact) mass is 282 g/mol. The first-order valence-electron chi connectivity index (χ1n) is 7.59. The molecule has 110 valence electrons. The Kier molecular flexibility index (Phi) is 4.20. The summed E-state index contributed by atoms with van der Waals surface area (Å²) in [6.07, 6.45) is 4.46. The van der Waals surface area contributed by atoms with Crippen LogP contribution in [0.5, 0.6) is 5.75 Å². The van der Waals surface area contributed by atoms with Crippen molar-refractivity contribution in [3.63, 3.8) is 0 Å². The number of pyridine rings is 1. The van der Waals surface area contributed by atoms with Crippen LogP contribution in [0.4, 0.5) is 0 Å². The molecule has 1 heterocycles. The fourth-order valence-electron chi connectivity index (χ4n) is 2.73. The van der Waals surface area contributed by atoms with E-state index in [4.69, 9.17) is 4.74 Å². The minimum absolute atomic E-state index is 0.249. The van der Waals surface area contributed by atoms with Crippen molar-refractivity contribution in [1.29, 1.82) is 0 Å². The van der Waals surface area contributed by atoms with Crippen LogP contribution in [0.25, 0.3) is 0 Å². The summed E-state index contributed by atoms with van der Waals surface area (Å²) in [5.41, 5.74) is 2.43. The lowest BCUT2D eigenvalue weighted by atomic mass is 10.0. The molecule has 0 saturated heterocycles. The SMILES string of the molecule is COc1ccc(C(N[C@@H](C)c2ccccn2)C2CC2)cc1. The minimum atomic E-state index is 0.249. The molecular weight excluding hydrogens is 260 g/mol. The lowest BCUT2D eigenvalue weighted by molar-refractivity contribution is 0.410. The summed E-state index contributed by atoms with van der Waals surface area (Å²) in [5.74, 6) is 1.65. The zero-order valence-electron chi connectivity index (χ0n) is 12.6. The first-order valence-corrected chi connectivity index (χ1v) is 7.59. The van der Waals surface area contributed by atoms with Crippen molar-refractivity contribution < 1.29 is 4.74 Å². The summed E-state index contributed by atoms with van der Waals surface area (Å²) >= 11 is 0. The highest BCUT2D eigenvalue weighted by atomic mass is 16.5. The van der Waals surface area contributed by atoms with Gasteiger partial charge in [0.05, 0.1) is 12.8 Å². The van der Waals surface area contributed by atoms with E-state index < -0.39 is 0 Å². The molecule has 3 heteroatoms. The van der Waals surface area contributed by atoms with E-state index in [1.165, 1.54) is 18.4 Å².